The Morgan fingerprint density at radius 3 is 2.57 bits per heavy atom. The molecule has 2 aromatic carbocycles. The second kappa shape index (κ2) is 8.79. The van der Waals surface area contributed by atoms with Crippen LogP contribution in [-0.2, 0) is 11.3 Å². The number of rotatable bonds is 5. The molecule has 1 aromatic heterocycles. The van der Waals surface area contributed by atoms with Gasteiger partial charge in [-0.25, -0.2) is 4.39 Å². The summed E-state index contributed by atoms with van der Waals surface area (Å²) in [6, 6.07) is 13.5. The smallest absolute Gasteiger partial charge is 0.269 e. The minimum absolute atomic E-state index is 0.0790. The summed E-state index contributed by atoms with van der Waals surface area (Å²) in [5, 5.41) is 0. The number of Topliss-reactive ketones (excluding diaryl/α,β-unsaturated/α-hetero) is 1. The topological polar surface area (TPSA) is 48.3 Å². The zero-order valence-corrected chi connectivity index (χ0v) is 18.3. The molecule has 0 aliphatic heterocycles. The predicted octanol–water partition coefficient (Wildman–Crippen LogP) is 3.33. The molecular weight excluding hydrogens is 401 g/mol. The van der Waals surface area contributed by atoms with Crippen molar-refractivity contribution >= 4 is 29.3 Å². The molecule has 0 saturated heterocycles. The Balaban J connectivity index is 2.18. The van der Waals surface area contributed by atoms with E-state index in [0.717, 1.165) is 5.56 Å². The van der Waals surface area contributed by atoms with Gasteiger partial charge in [0.1, 0.15) is 16.2 Å². The quantitative estimate of drug-likeness (QED) is 0.630. The molecule has 0 fully saturated rings. The fraction of sp³-hybridized carbons (Fsp3) is 0.250. The van der Waals surface area contributed by atoms with Gasteiger partial charge in [0.25, 0.3) is 5.56 Å². The molecule has 6 heteroatoms. The number of carbonyl (C=O) groups excluding carboxylic acids is 1. The average Bonchev–Trinajstić information content (AvgIpc) is 2.96. The number of carbonyl (C=O) groups is 1. The molecule has 0 bridgehead atoms. The summed E-state index contributed by atoms with van der Waals surface area (Å²) in [4.78, 5) is 25.8. The normalized spacial score (nSPS) is 13.0. The lowest BCUT2D eigenvalue weighted by Gasteiger charge is -2.13. The average molecular weight is 426 g/mol. The number of thiazole rings is 1. The van der Waals surface area contributed by atoms with Crippen LogP contribution in [0.25, 0.3) is 12.2 Å². The molecule has 0 N–H and O–H groups in total. The van der Waals surface area contributed by atoms with Crippen LogP contribution in [0.15, 0.2) is 53.3 Å². The minimum atomic E-state index is -0.569. The third-order valence-corrected chi connectivity index (χ3v) is 5.61. The lowest BCUT2D eigenvalue weighted by molar-refractivity contribution is -0.120. The van der Waals surface area contributed by atoms with Gasteiger partial charge in [0.05, 0.1) is 18.2 Å². The third-order valence-electron chi connectivity index (χ3n) is 4.55. The number of aromatic nitrogens is 1. The molecule has 0 aliphatic carbocycles. The van der Waals surface area contributed by atoms with Crippen LogP contribution in [0.2, 0.25) is 0 Å². The highest BCUT2D eigenvalue weighted by Gasteiger charge is 2.19. The molecule has 0 amide bonds. The van der Waals surface area contributed by atoms with Gasteiger partial charge in [-0.05, 0) is 41.5 Å². The van der Waals surface area contributed by atoms with E-state index in [1.807, 2.05) is 45.0 Å². The Morgan fingerprint density at radius 1 is 1.17 bits per heavy atom. The van der Waals surface area contributed by atoms with E-state index in [1.165, 1.54) is 34.1 Å². The van der Waals surface area contributed by atoms with E-state index >= 15 is 0 Å². The lowest BCUT2D eigenvalue weighted by Crippen LogP contribution is -2.32. The summed E-state index contributed by atoms with van der Waals surface area (Å²) < 4.78 is 21.4. The van der Waals surface area contributed by atoms with Crippen LogP contribution in [0.1, 0.15) is 31.9 Å². The van der Waals surface area contributed by atoms with Crippen LogP contribution in [-0.4, -0.2) is 17.5 Å². The fourth-order valence-corrected chi connectivity index (χ4v) is 3.86. The molecule has 30 heavy (non-hydrogen) atoms. The molecule has 0 aliphatic rings. The van der Waals surface area contributed by atoms with Crippen LogP contribution >= 0.6 is 11.3 Å². The maximum atomic E-state index is 13.6. The van der Waals surface area contributed by atoms with Crippen molar-refractivity contribution in [1.82, 2.24) is 4.57 Å². The van der Waals surface area contributed by atoms with E-state index in [2.05, 4.69) is 0 Å². The molecule has 0 atom stereocenters. The molecule has 0 saturated carbocycles. The first-order valence-electron chi connectivity index (χ1n) is 9.53. The third kappa shape index (κ3) is 5.13. The van der Waals surface area contributed by atoms with E-state index in [0.29, 0.717) is 20.5 Å². The summed E-state index contributed by atoms with van der Waals surface area (Å²) in [6.45, 7) is 5.68. The molecule has 0 spiro atoms. The van der Waals surface area contributed by atoms with Gasteiger partial charge in [0.15, 0.2) is 5.78 Å². The number of hydrogen-bond acceptors (Lipinski definition) is 4. The van der Waals surface area contributed by atoms with Crippen molar-refractivity contribution in [3.8, 4) is 5.75 Å². The number of ether oxygens (including phenoxy) is 1. The molecule has 3 rings (SSSR count). The number of ketones is 1. The van der Waals surface area contributed by atoms with Gasteiger partial charge in [0, 0.05) is 11.5 Å². The SMILES string of the molecule is COc1cccc(/C=c2\s/c(=C\C(=O)C(C)(C)C)n(Cc3cccc(F)c3)c2=O)c1. The van der Waals surface area contributed by atoms with Crippen LogP contribution in [0.4, 0.5) is 4.39 Å². The van der Waals surface area contributed by atoms with Crippen molar-refractivity contribution in [3.63, 3.8) is 0 Å². The Bertz CT molecular complexity index is 1250. The summed E-state index contributed by atoms with van der Waals surface area (Å²) in [7, 11) is 1.58. The molecule has 156 valence electrons. The van der Waals surface area contributed by atoms with E-state index in [1.54, 1.807) is 25.3 Å². The first-order valence-corrected chi connectivity index (χ1v) is 10.3. The van der Waals surface area contributed by atoms with Crippen molar-refractivity contribution in [2.75, 3.05) is 7.11 Å². The van der Waals surface area contributed by atoms with Gasteiger partial charge in [-0.3, -0.25) is 14.2 Å². The van der Waals surface area contributed by atoms with E-state index in [4.69, 9.17) is 4.74 Å². The van der Waals surface area contributed by atoms with Gasteiger partial charge in [-0.15, -0.1) is 11.3 Å². The number of methoxy groups -OCH3 is 1. The Labute approximate surface area is 178 Å². The minimum Gasteiger partial charge on any atom is -0.497 e. The maximum Gasteiger partial charge on any atom is 0.269 e. The van der Waals surface area contributed by atoms with Gasteiger partial charge in [-0.2, -0.15) is 0 Å². The van der Waals surface area contributed by atoms with Gasteiger partial charge >= 0.3 is 0 Å². The lowest BCUT2D eigenvalue weighted by atomic mass is 9.91. The summed E-state index contributed by atoms with van der Waals surface area (Å²) in [6.07, 6.45) is 3.28. The van der Waals surface area contributed by atoms with Crippen molar-refractivity contribution in [2.45, 2.75) is 27.3 Å². The number of nitrogens with zero attached hydrogens (tertiary/aromatic N) is 1. The van der Waals surface area contributed by atoms with Gasteiger partial charge < -0.3 is 4.74 Å². The van der Waals surface area contributed by atoms with E-state index < -0.39 is 5.41 Å². The molecule has 4 nitrogen and oxygen atoms in total. The number of hydrogen-bond donors (Lipinski definition) is 0. The van der Waals surface area contributed by atoms with Crippen molar-refractivity contribution < 1.29 is 13.9 Å². The Hall–Kier alpha value is -2.99. The van der Waals surface area contributed by atoms with Gasteiger partial charge in [0.2, 0.25) is 0 Å². The highest BCUT2D eigenvalue weighted by Crippen LogP contribution is 2.15. The second-order valence-electron chi connectivity index (χ2n) is 8.01. The van der Waals surface area contributed by atoms with Crippen LogP contribution in [0.3, 0.4) is 0 Å². The largest absolute Gasteiger partial charge is 0.497 e. The molecule has 1 heterocycles. The maximum absolute atomic E-state index is 13.6. The monoisotopic (exact) mass is 425 g/mol. The van der Waals surface area contributed by atoms with E-state index in [-0.39, 0.29) is 23.7 Å². The second-order valence-corrected chi connectivity index (χ2v) is 9.07. The van der Waals surface area contributed by atoms with Crippen molar-refractivity contribution in [3.05, 3.63) is 85.0 Å². The van der Waals surface area contributed by atoms with Crippen molar-refractivity contribution in [1.29, 1.82) is 0 Å². The predicted molar refractivity (Wildman–Crippen MR) is 119 cm³/mol. The van der Waals surface area contributed by atoms with Crippen molar-refractivity contribution in [2.24, 2.45) is 5.41 Å². The summed E-state index contributed by atoms with van der Waals surface area (Å²) in [5.41, 5.74) is 0.681. The number of halogens is 1. The first-order chi connectivity index (χ1) is 14.2. The number of benzene rings is 2. The van der Waals surface area contributed by atoms with Crippen LogP contribution < -0.4 is 19.5 Å². The molecule has 0 radical (unpaired) electrons. The zero-order chi connectivity index (χ0) is 21.9. The summed E-state index contributed by atoms with van der Waals surface area (Å²) in [5.74, 6) is 0.245. The molecule has 3 aromatic rings. The molecular formula is C24H24FNO3S. The standard InChI is InChI=1S/C24H24FNO3S/c1-24(2,3)21(27)14-22-26(15-17-8-5-9-18(25)11-17)23(28)20(30-22)13-16-7-6-10-19(12-16)29-4/h5-14H,15H2,1-4H3/b20-13-,22-14-. The van der Waals surface area contributed by atoms with Crippen LogP contribution in [0.5, 0.6) is 5.75 Å². The Morgan fingerprint density at radius 2 is 1.90 bits per heavy atom. The van der Waals surface area contributed by atoms with Gasteiger partial charge in [-0.1, -0.05) is 45.0 Å². The molecule has 0 unspecified atom stereocenters. The first kappa shape index (κ1) is 21.7. The Kier molecular flexibility index (Phi) is 6.37. The fourth-order valence-electron chi connectivity index (χ4n) is 2.82. The highest BCUT2D eigenvalue weighted by molar-refractivity contribution is 7.07. The van der Waals surface area contributed by atoms with E-state index in [9.17, 15) is 14.0 Å². The van der Waals surface area contributed by atoms with Crippen LogP contribution in [0, 0.1) is 11.2 Å². The zero-order valence-electron chi connectivity index (χ0n) is 17.4. The highest BCUT2D eigenvalue weighted by atomic mass is 32.1. The summed E-state index contributed by atoms with van der Waals surface area (Å²) >= 11 is 1.25.